The van der Waals surface area contributed by atoms with Gasteiger partial charge >= 0.3 is 0 Å². The molecule has 5 heteroatoms. The summed E-state index contributed by atoms with van der Waals surface area (Å²) in [7, 11) is 0. The Bertz CT molecular complexity index is 430. The van der Waals surface area contributed by atoms with Crippen molar-refractivity contribution in [3.05, 3.63) is 34.6 Å². The fourth-order valence-corrected chi connectivity index (χ4v) is 1.72. The highest BCUT2D eigenvalue weighted by atomic mass is 35.5. The largest absolute Gasteiger partial charge is 0.345 e. The number of halogens is 2. The number of amides is 1. The van der Waals surface area contributed by atoms with Crippen molar-refractivity contribution in [1.29, 1.82) is 0 Å². The minimum absolute atomic E-state index is 0.0932. The summed E-state index contributed by atoms with van der Waals surface area (Å²) in [5, 5.41) is 2.85. The van der Waals surface area contributed by atoms with Crippen LogP contribution in [0.1, 0.15) is 31.1 Å². The SMILES string of the molecule is CC(C)C(C)(CN)NC(=O)c1c(F)cccc1Cl. The highest BCUT2D eigenvalue weighted by Crippen LogP contribution is 2.21. The Hall–Kier alpha value is -1.13. The maximum Gasteiger partial charge on any atom is 0.256 e. The normalized spacial score (nSPS) is 14.4. The first-order valence-corrected chi connectivity index (χ1v) is 6.16. The first kappa shape index (κ1) is 14.9. The number of rotatable bonds is 4. The first-order chi connectivity index (χ1) is 8.31. The van der Waals surface area contributed by atoms with Crippen molar-refractivity contribution >= 4 is 17.5 Å². The molecule has 0 fully saturated rings. The van der Waals surface area contributed by atoms with Crippen molar-refractivity contribution < 1.29 is 9.18 Å². The zero-order valence-corrected chi connectivity index (χ0v) is 11.5. The molecule has 1 aromatic rings. The van der Waals surface area contributed by atoms with E-state index in [-0.39, 0.29) is 23.0 Å². The molecule has 1 atom stereocenters. The first-order valence-electron chi connectivity index (χ1n) is 5.78. The number of hydrogen-bond donors (Lipinski definition) is 2. The number of carbonyl (C=O) groups is 1. The van der Waals surface area contributed by atoms with Crippen molar-refractivity contribution in [2.24, 2.45) is 11.7 Å². The van der Waals surface area contributed by atoms with Gasteiger partial charge in [-0.05, 0) is 25.0 Å². The van der Waals surface area contributed by atoms with E-state index in [2.05, 4.69) is 5.32 Å². The molecule has 18 heavy (non-hydrogen) atoms. The summed E-state index contributed by atoms with van der Waals surface area (Å²) in [5.41, 5.74) is 4.94. The molecule has 3 nitrogen and oxygen atoms in total. The van der Waals surface area contributed by atoms with E-state index >= 15 is 0 Å². The van der Waals surface area contributed by atoms with Crippen molar-refractivity contribution in [3.63, 3.8) is 0 Å². The van der Waals surface area contributed by atoms with Crippen molar-refractivity contribution in [2.45, 2.75) is 26.3 Å². The van der Waals surface area contributed by atoms with Crippen LogP contribution in [0.5, 0.6) is 0 Å². The zero-order chi connectivity index (χ0) is 13.9. The molecule has 1 rings (SSSR count). The molecule has 0 aromatic heterocycles. The van der Waals surface area contributed by atoms with Gasteiger partial charge in [0.1, 0.15) is 5.82 Å². The Morgan fingerprint density at radius 1 is 1.56 bits per heavy atom. The van der Waals surface area contributed by atoms with Crippen LogP contribution in [0.4, 0.5) is 4.39 Å². The Morgan fingerprint density at radius 3 is 2.61 bits per heavy atom. The Morgan fingerprint density at radius 2 is 2.17 bits per heavy atom. The lowest BCUT2D eigenvalue weighted by Crippen LogP contribution is -2.55. The summed E-state index contributed by atoms with van der Waals surface area (Å²) in [6.07, 6.45) is 0. The second kappa shape index (κ2) is 5.67. The Labute approximate surface area is 112 Å². The van der Waals surface area contributed by atoms with Crippen molar-refractivity contribution in [2.75, 3.05) is 6.54 Å². The summed E-state index contributed by atoms with van der Waals surface area (Å²) >= 11 is 5.84. The molecule has 0 saturated heterocycles. The highest BCUT2D eigenvalue weighted by Gasteiger charge is 2.30. The predicted octanol–water partition coefficient (Wildman–Crippen LogP) is 2.58. The number of carbonyl (C=O) groups excluding carboxylic acids is 1. The molecule has 1 amide bonds. The molecule has 0 heterocycles. The standard InChI is InChI=1S/C13H18ClFN2O/c1-8(2)13(3,7-16)17-12(18)11-9(14)5-4-6-10(11)15/h4-6,8H,7,16H2,1-3H3,(H,17,18). The zero-order valence-electron chi connectivity index (χ0n) is 10.8. The minimum atomic E-state index is -0.636. The molecule has 3 N–H and O–H groups in total. The molecule has 0 radical (unpaired) electrons. The van der Waals surface area contributed by atoms with Crippen LogP contribution in [0.25, 0.3) is 0 Å². The molecular formula is C13H18ClFN2O. The van der Waals surface area contributed by atoms with E-state index in [1.54, 1.807) is 0 Å². The lowest BCUT2D eigenvalue weighted by atomic mass is 9.88. The minimum Gasteiger partial charge on any atom is -0.345 e. The van der Waals surface area contributed by atoms with Crippen LogP contribution < -0.4 is 11.1 Å². The van der Waals surface area contributed by atoms with Gasteiger partial charge in [0, 0.05) is 6.54 Å². The molecule has 0 aliphatic rings. The van der Waals surface area contributed by atoms with E-state index in [1.165, 1.54) is 18.2 Å². The molecule has 100 valence electrons. The molecule has 1 aromatic carbocycles. The fourth-order valence-electron chi connectivity index (χ4n) is 1.47. The summed E-state index contributed by atoms with van der Waals surface area (Å²) in [5.74, 6) is -1.06. The molecular weight excluding hydrogens is 255 g/mol. The number of hydrogen-bond acceptors (Lipinski definition) is 2. The average molecular weight is 273 g/mol. The van der Waals surface area contributed by atoms with Crippen LogP contribution in [-0.4, -0.2) is 18.0 Å². The second-order valence-electron chi connectivity index (χ2n) is 4.83. The van der Waals surface area contributed by atoms with Crippen LogP contribution in [0, 0.1) is 11.7 Å². The maximum atomic E-state index is 13.6. The third kappa shape index (κ3) is 3.00. The van der Waals surface area contributed by atoms with Gasteiger partial charge in [-0.1, -0.05) is 31.5 Å². The summed E-state index contributed by atoms with van der Waals surface area (Å²) in [6, 6.07) is 4.14. The van der Waals surface area contributed by atoms with Gasteiger partial charge in [0.25, 0.3) is 5.91 Å². The van der Waals surface area contributed by atoms with Gasteiger partial charge in [0.05, 0.1) is 16.1 Å². The van der Waals surface area contributed by atoms with Gasteiger partial charge < -0.3 is 11.1 Å². The van der Waals surface area contributed by atoms with Gasteiger partial charge in [-0.3, -0.25) is 4.79 Å². The Kier molecular flexibility index (Phi) is 4.71. The van der Waals surface area contributed by atoms with E-state index < -0.39 is 17.3 Å². The van der Waals surface area contributed by atoms with Crippen molar-refractivity contribution in [3.8, 4) is 0 Å². The topological polar surface area (TPSA) is 55.1 Å². The van der Waals surface area contributed by atoms with Gasteiger partial charge in [-0.2, -0.15) is 0 Å². The van der Waals surface area contributed by atoms with Crippen LogP contribution in [0.2, 0.25) is 5.02 Å². The van der Waals surface area contributed by atoms with Crippen LogP contribution in [0.3, 0.4) is 0 Å². The van der Waals surface area contributed by atoms with E-state index in [9.17, 15) is 9.18 Å². The number of nitrogens with two attached hydrogens (primary N) is 1. The highest BCUT2D eigenvalue weighted by molar-refractivity contribution is 6.33. The molecule has 0 bridgehead atoms. The van der Waals surface area contributed by atoms with Gasteiger partial charge in [0.15, 0.2) is 0 Å². The summed E-state index contributed by atoms with van der Waals surface area (Å²) in [4.78, 5) is 12.1. The third-order valence-corrected chi connectivity index (χ3v) is 3.60. The molecule has 0 aliphatic carbocycles. The van der Waals surface area contributed by atoms with Gasteiger partial charge in [-0.25, -0.2) is 4.39 Å². The summed E-state index contributed by atoms with van der Waals surface area (Å²) in [6.45, 7) is 5.97. The Balaban J connectivity index is 3.02. The quantitative estimate of drug-likeness (QED) is 0.885. The van der Waals surface area contributed by atoms with E-state index in [0.29, 0.717) is 0 Å². The lowest BCUT2D eigenvalue weighted by molar-refractivity contribution is 0.0879. The fraction of sp³-hybridized carbons (Fsp3) is 0.462. The second-order valence-corrected chi connectivity index (χ2v) is 5.23. The maximum absolute atomic E-state index is 13.6. The number of nitrogens with one attached hydrogen (secondary N) is 1. The van der Waals surface area contributed by atoms with Crippen LogP contribution >= 0.6 is 11.6 Å². The number of benzene rings is 1. The smallest absolute Gasteiger partial charge is 0.256 e. The van der Waals surface area contributed by atoms with Gasteiger partial charge in [0.2, 0.25) is 0 Å². The average Bonchev–Trinajstić information content (AvgIpc) is 2.28. The van der Waals surface area contributed by atoms with Crippen molar-refractivity contribution in [1.82, 2.24) is 5.32 Å². The van der Waals surface area contributed by atoms with Crippen LogP contribution in [-0.2, 0) is 0 Å². The monoisotopic (exact) mass is 272 g/mol. The third-order valence-electron chi connectivity index (χ3n) is 3.29. The molecule has 0 spiro atoms. The molecule has 0 aliphatic heterocycles. The summed E-state index contributed by atoms with van der Waals surface area (Å²) < 4.78 is 13.6. The predicted molar refractivity (Wildman–Crippen MR) is 71.2 cm³/mol. The molecule has 1 unspecified atom stereocenters. The van der Waals surface area contributed by atoms with E-state index in [0.717, 1.165) is 0 Å². The van der Waals surface area contributed by atoms with Gasteiger partial charge in [-0.15, -0.1) is 0 Å². The molecule has 0 saturated carbocycles. The lowest BCUT2D eigenvalue weighted by Gasteiger charge is -2.33. The van der Waals surface area contributed by atoms with E-state index in [4.69, 9.17) is 17.3 Å². The van der Waals surface area contributed by atoms with E-state index in [1.807, 2.05) is 20.8 Å². The van der Waals surface area contributed by atoms with Crippen LogP contribution in [0.15, 0.2) is 18.2 Å².